The second kappa shape index (κ2) is 23.8. The maximum absolute atomic E-state index is 12.9. The summed E-state index contributed by atoms with van der Waals surface area (Å²) in [6.45, 7) is 21.8. The van der Waals surface area contributed by atoms with E-state index in [1.54, 1.807) is 4.90 Å². The lowest BCUT2D eigenvalue weighted by atomic mass is 9.43. The van der Waals surface area contributed by atoms with E-state index in [9.17, 15) is 19.2 Å². The van der Waals surface area contributed by atoms with Crippen molar-refractivity contribution in [2.75, 3.05) is 26.3 Å². The van der Waals surface area contributed by atoms with Crippen LogP contribution in [-0.2, 0) is 50.5 Å². The average Bonchev–Trinajstić information content (AvgIpc) is 4.19. The van der Waals surface area contributed by atoms with E-state index in [-0.39, 0.29) is 73.4 Å². The number of hydrogen-bond acceptors (Lipinski definition) is 11. The molecule has 0 spiro atoms. The van der Waals surface area contributed by atoms with Gasteiger partial charge in [-0.1, -0.05) is 109 Å². The highest BCUT2D eigenvalue weighted by Gasteiger charge is 2.70. The molecule has 3 N–H and O–H groups in total. The SMILES string of the molecule is C.CC1(C)[C@@H]2C[C@H]3OB([C@H](Cc4ccccc4)NC(=O)OCC4CCCC4)O[C@@]3(C)[C@H]1C2.N#CCC(=O)O.[C-]#[N+]CC(=O)N1CCC[C@@H]1COC(=O)N[C@@H](Cc1ccccc1)B1O[C@@H]2C[C@@H]3C[C@@H](C3(C)C)[C@]2(C)O1. The van der Waals surface area contributed by atoms with E-state index in [0.717, 1.165) is 49.7 Å². The van der Waals surface area contributed by atoms with Gasteiger partial charge in [0.25, 0.3) is 6.54 Å². The Labute approximate surface area is 439 Å². The third kappa shape index (κ3) is 12.3. The number of rotatable bonds is 14. The number of carboxylic acid groups (broad SMARTS) is 1. The van der Waals surface area contributed by atoms with Crippen molar-refractivity contribution < 1.29 is 52.4 Å². The molecule has 2 aromatic rings. The number of benzene rings is 2. The van der Waals surface area contributed by atoms with Gasteiger partial charge in [0, 0.05) is 6.54 Å². The van der Waals surface area contributed by atoms with Gasteiger partial charge in [0.05, 0.1) is 54.0 Å². The van der Waals surface area contributed by atoms with Crippen LogP contribution in [0.15, 0.2) is 60.7 Å². The number of alkyl carbamates (subject to hydrolysis) is 2. The zero-order valence-electron chi connectivity index (χ0n) is 43.6. The predicted molar refractivity (Wildman–Crippen MR) is 280 cm³/mol. The molecular formula is C56H79B2N5O11. The molecule has 0 radical (unpaired) electrons. The quantitative estimate of drug-likeness (QED) is 0.120. The van der Waals surface area contributed by atoms with E-state index in [2.05, 4.69) is 69.2 Å². The van der Waals surface area contributed by atoms with Gasteiger partial charge in [0.15, 0.2) is 0 Å². The number of amides is 3. The molecule has 18 heteroatoms. The van der Waals surface area contributed by atoms with Crippen molar-refractivity contribution >= 4 is 38.3 Å². The van der Waals surface area contributed by atoms with Crippen molar-refractivity contribution in [1.29, 1.82) is 5.26 Å². The lowest BCUT2D eigenvalue weighted by molar-refractivity contribution is -0.199. The molecule has 3 amide bonds. The normalized spacial score (nSPS) is 31.0. The molecule has 4 bridgehead atoms. The smallest absolute Gasteiger partial charge is 0.480 e. The Bertz CT molecular complexity index is 2350. The van der Waals surface area contributed by atoms with E-state index >= 15 is 0 Å². The second-order valence-corrected chi connectivity index (χ2v) is 23.3. The highest BCUT2D eigenvalue weighted by Crippen LogP contribution is 2.67. The summed E-state index contributed by atoms with van der Waals surface area (Å²) in [6, 6.07) is 21.5. The minimum atomic E-state index is -1.07. The summed E-state index contributed by atoms with van der Waals surface area (Å²) in [7, 11) is -1.02. The van der Waals surface area contributed by atoms with Crippen LogP contribution in [0, 0.1) is 58.3 Å². The molecule has 0 aromatic heterocycles. The van der Waals surface area contributed by atoms with Crippen LogP contribution < -0.4 is 10.6 Å². The first kappa shape index (κ1) is 56.6. The first-order chi connectivity index (χ1) is 34.8. The minimum absolute atomic E-state index is 0. The Morgan fingerprint density at radius 2 is 1.23 bits per heavy atom. The molecule has 3 aliphatic heterocycles. The van der Waals surface area contributed by atoms with Gasteiger partial charge in [0.2, 0.25) is 0 Å². The number of carboxylic acids is 1. The standard InChI is InChI=1S/C27H36BN3O5.C25H36BNO4.C3H3NO2.CH4/c1-26(2)19-14-21(26)27(3)22(15-19)35-28(36-27)23(13-18-9-6-5-7-10-18)30-25(33)34-17-20-11-8-12-31(20)24(32)16-29-4;1-24(2)19-14-20(24)25(3)21(15-19)30-26(31-25)22(13-17-9-5-4-6-10-17)27-23(28)29-16-18-11-7-8-12-18;4-2-1-3(5)6;/h5-7,9-10,19-23H,8,11-17H2,1-3H3,(H,30,33);4-6,9-10,18-22H,7-8,11-16H2,1-3H3,(H,27,28);1H2,(H,5,6);1H4/t19-,20+,21-,22+,23-,27-;19-,20-,21+,22-,25-;;/m00../s1. The maximum Gasteiger partial charge on any atom is 0.482 e. The van der Waals surface area contributed by atoms with Crippen molar-refractivity contribution in [3.8, 4) is 6.07 Å². The summed E-state index contributed by atoms with van der Waals surface area (Å²) >= 11 is 0. The lowest BCUT2D eigenvalue weighted by Gasteiger charge is -2.64. The van der Waals surface area contributed by atoms with Crippen LogP contribution in [0.2, 0.25) is 0 Å². The second-order valence-electron chi connectivity index (χ2n) is 23.3. The Kier molecular flexibility index (Phi) is 18.2. The topological polar surface area (TPSA) is 199 Å². The van der Waals surface area contributed by atoms with E-state index in [1.165, 1.54) is 31.8 Å². The zero-order valence-corrected chi connectivity index (χ0v) is 43.6. The van der Waals surface area contributed by atoms with Crippen LogP contribution in [0.3, 0.4) is 0 Å². The van der Waals surface area contributed by atoms with Crippen LogP contribution in [-0.4, -0.2) is 116 Å². The molecule has 10 aliphatic rings. The number of carbonyl (C=O) groups is 4. The molecule has 12 rings (SSSR count). The first-order valence-electron chi connectivity index (χ1n) is 26.7. The number of nitrogens with zero attached hydrogens (tertiary/aromatic N) is 3. The van der Waals surface area contributed by atoms with Gasteiger partial charge < -0.3 is 53.6 Å². The number of nitrogens with one attached hydrogen (secondary N) is 2. The van der Waals surface area contributed by atoms with E-state index in [4.69, 9.17) is 45.0 Å². The van der Waals surface area contributed by atoms with Crippen molar-refractivity contribution in [3.05, 3.63) is 83.2 Å². The van der Waals surface area contributed by atoms with Gasteiger partial charge in [-0.2, -0.15) is 5.26 Å². The summed E-state index contributed by atoms with van der Waals surface area (Å²) in [5.41, 5.74) is 2.12. The third-order valence-electron chi connectivity index (χ3n) is 18.3. The molecule has 2 aromatic carbocycles. The van der Waals surface area contributed by atoms with Crippen molar-refractivity contribution in [3.63, 3.8) is 0 Å². The van der Waals surface area contributed by atoms with Crippen molar-refractivity contribution in [1.82, 2.24) is 15.5 Å². The number of carbonyl (C=O) groups excluding carboxylic acids is 3. The number of aliphatic carboxylic acids is 1. The number of nitriles is 1. The molecular weight excluding hydrogens is 940 g/mol. The first-order valence-corrected chi connectivity index (χ1v) is 26.7. The highest BCUT2D eigenvalue weighted by molar-refractivity contribution is 6.48. The predicted octanol–water partition coefficient (Wildman–Crippen LogP) is 8.90. The Balaban J connectivity index is 0.000000194. The fourth-order valence-corrected chi connectivity index (χ4v) is 13.8. The molecule has 74 heavy (non-hydrogen) atoms. The number of likely N-dealkylation sites (tertiary alicyclic amines) is 1. The van der Waals surface area contributed by atoms with Gasteiger partial charge in [-0.25, -0.2) is 16.2 Å². The monoisotopic (exact) mass is 1020 g/mol. The summed E-state index contributed by atoms with van der Waals surface area (Å²) in [4.78, 5) is 52.1. The average molecular weight is 1020 g/mol. The fraction of sp³-hybridized carbons (Fsp3) is 0.679. The van der Waals surface area contributed by atoms with Gasteiger partial charge >= 0.3 is 38.3 Å². The molecule has 7 saturated carbocycles. The van der Waals surface area contributed by atoms with Gasteiger partial charge in [-0.3, -0.25) is 9.59 Å². The Morgan fingerprint density at radius 1 is 0.757 bits per heavy atom. The van der Waals surface area contributed by atoms with E-state index in [0.29, 0.717) is 61.0 Å². The Morgan fingerprint density at radius 3 is 1.65 bits per heavy atom. The van der Waals surface area contributed by atoms with Crippen LogP contribution in [0.25, 0.3) is 4.85 Å². The molecule has 400 valence electrons. The van der Waals surface area contributed by atoms with Gasteiger partial charge in [0.1, 0.15) is 13.0 Å². The molecule has 3 saturated heterocycles. The van der Waals surface area contributed by atoms with Crippen molar-refractivity contribution in [2.45, 2.75) is 174 Å². The van der Waals surface area contributed by atoms with E-state index < -0.39 is 38.7 Å². The van der Waals surface area contributed by atoms with Crippen molar-refractivity contribution in [2.24, 2.45) is 40.4 Å². The summed E-state index contributed by atoms with van der Waals surface area (Å²) in [5, 5.41) is 21.4. The highest BCUT2D eigenvalue weighted by atomic mass is 16.7. The van der Waals surface area contributed by atoms with Crippen LogP contribution in [0.4, 0.5) is 9.59 Å². The molecule has 0 unspecified atom stereocenters. The molecule has 3 heterocycles. The zero-order chi connectivity index (χ0) is 52.1. The summed E-state index contributed by atoms with van der Waals surface area (Å²) in [6.07, 6.45) is 10.9. The van der Waals surface area contributed by atoms with Crippen LogP contribution >= 0.6 is 0 Å². The molecule has 16 nitrogen and oxygen atoms in total. The van der Waals surface area contributed by atoms with E-state index in [1.807, 2.05) is 48.5 Å². The van der Waals surface area contributed by atoms with Crippen LogP contribution in [0.1, 0.15) is 131 Å². The minimum Gasteiger partial charge on any atom is -0.480 e. The lowest BCUT2D eigenvalue weighted by Crippen LogP contribution is -2.65. The van der Waals surface area contributed by atoms with Crippen LogP contribution in [0.5, 0.6) is 0 Å². The number of hydrogen-bond donors (Lipinski definition) is 3. The Hall–Kier alpha value is -5.13. The molecule has 7 aliphatic carbocycles. The van der Waals surface area contributed by atoms with Gasteiger partial charge in [-0.05, 0) is 130 Å². The third-order valence-corrected chi connectivity index (χ3v) is 18.3. The maximum atomic E-state index is 12.9. The van der Waals surface area contributed by atoms with Gasteiger partial charge in [-0.15, -0.1) is 0 Å². The largest absolute Gasteiger partial charge is 0.482 e. The molecule has 10 fully saturated rings. The molecule has 11 atom stereocenters. The summed E-state index contributed by atoms with van der Waals surface area (Å²) in [5.74, 6) is 0.828. The number of ether oxygens (including phenoxy) is 2. The summed E-state index contributed by atoms with van der Waals surface area (Å²) < 4.78 is 37.5. The fourth-order valence-electron chi connectivity index (χ4n) is 13.8.